The fraction of sp³-hybridized carbons (Fsp3) is 0.667. The number of rotatable bonds is 6. The fourth-order valence-electron chi connectivity index (χ4n) is 2.36. The molecule has 1 fully saturated rings. The second-order valence-corrected chi connectivity index (χ2v) is 6.02. The molecule has 0 amide bonds. The Balaban J connectivity index is 1.82. The van der Waals surface area contributed by atoms with Crippen molar-refractivity contribution in [3.63, 3.8) is 0 Å². The number of thiophene rings is 1. The average Bonchev–Trinajstić information content (AvgIpc) is 2.70. The van der Waals surface area contributed by atoms with Crippen LogP contribution in [0.4, 0.5) is 5.00 Å². The van der Waals surface area contributed by atoms with Crippen LogP contribution in [0.25, 0.3) is 0 Å². The summed E-state index contributed by atoms with van der Waals surface area (Å²) < 4.78 is 0. The minimum atomic E-state index is -0.332. The highest BCUT2D eigenvalue weighted by molar-refractivity contribution is 7.13. The van der Waals surface area contributed by atoms with Crippen LogP contribution in [-0.4, -0.2) is 36.0 Å². The Morgan fingerprint density at radius 2 is 2.28 bits per heavy atom. The van der Waals surface area contributed by atoms with E-state index in [1.165, 1.54) is 30.6 Å². The van der Waals surface area contributed by atoms with E-state index < -0.39 is 0 Å². The first-order valence-electron chi connectivity index (χ1n) is 6.13. The summed E-state index contributed by atoms with van der Waals surface area (Å²) in [4.78, 5) is 12.5. The Bertz CT molecular complexity index is 427. The largest absolute Gasteiger partial charge is 0.324 e. The van der Waals surface area contributed by atoms with Crippen LogP contribution in [0.5, 0.6) is 0 Å². The molecule has 2 rings (SSSR count). The zero-order valence-electron chi connectivity index (χ0n) is 10.8. The van der Waals surface area contributed by atoms with Gasteiger partial charge in [0.15, 0.2) is 0 Å². The third-order valence-corrected chi connectivity index (χ3v) is 4.77. The molecule has 1 heterocycles. The van der Waals surface area contributed by atoms with Crippen molar-refractivity contribution < 1.29 is 4.92 Å². The third kappa shape index (κ3) is 2.71. The van der Waals surface area contributed by atoms with Crippen molar-refractivity contribution in [1.82, 2.24) is 10.2 Å². The molecule has 0 aliphatic heterocycles. The average molecular weight is 269 g/mol. The van der Waals surface area contributed by atoms with Crippen LogP contribution >= 0.6 is 11.3 Å². The van der Waals surface area contributed by atoms with E-state index in [0.717, 1.165) is 12.1 Å². The Labute approximate surface area is 111 Å². The predicted octanol–water partition coefficient (Wildman–Crippen LogP) is 2.23. The van der Waals surface area contributed by atoms with E-state index in [0.29, 0.717) is 12.1 Å². The smallest absolute Gasteiger partial charge is 0.311 e. The van der Waals surface area contributed by atoms with Gasteiger partial charge in [0.05, 0.1) is 4.92 Å². The van der Waals surface area contributed by atoms with Gasteiger partial charge >= 0.3 is 5.00 Å². The molecule has 0 atom stereocenters. The van der Waals surface area contributed by atoms with Crippen molar-refractivity contribution in [2.75, 3.05) is 20.6 Å². The molecule has 6 heteroatoms. The molecule has 0 radical (unpaired) electrons. The standard InChI is InChI=1S/C12H19N3O2S/c1-14(2)12(4-3-5-12)9-13-7-10-6-11(15(16)17)18-8-10/h6,8,13H,3-5,7,9H2,1-2H3. The van der Waals surface area contributed by atoms with Crippen LogP contribution in [0.2, 0.25) is 0 Å². The summed E-state index contributed by atoms with van der Waals surface area (Å²) in [5.74, 6) is 0. The lowest BCUT2D eigenvalue weighted by Crippen LogP contribution is -2.56. The molecule has 1 aliphatic carbocycles. The van der Waals surface area contributed by atoms with Gasteiger partial charge in [-0.1, -0.05) is 11.3 Å². The van der Waals surface area contributed by atoms with Crippen molar-refractivity contribution in [3.05, 3.63) is 27.1 Å². The molecule has 0 bridgehead atoms. The van der Waals surface area contributed by atoms with E-state index in [4.69, 9.17) is 0 Å². The molecular formula is C12H19N3O2S. The van der Waals surface area contributed by atoms with Crippen molar-refractivity contribution in [3.8, 4) is 0 Å². The lowest BCUT2D eigenvalue weighted by atomic mass is 9.75. The van der Waals surface area contributed by atoms with Gasteiger partial charge in [-0.25, -0.2) is 0 Å². The molecule has 1 aromatic rings. The van der Waals surface area contributed by atoms with E-state index in [2.05, 4.69) is 24.3 Å². The topological polar surface area (TPSA) is 58.4 Å². The Kier molecular flexibility index (Phi) is 3.99. The Morgan fingerprint density at radius 1 is 1.56 bits per heavy atom. The third-order valence-electron chi connectivity index (χ3n) is 3.84. The van der Waals surface area contributed by atoms with Gasteiger partial charge in [0.25, 0.3) is 0 Å². The summed E-state index contributed by atoms with van der Waals surface area (Å²) in [6.45, 7) is 1.66. The Morgan fingerprint density at radius 3 is 2.72 bits per heavy atom. The quantitative estimate of drug-likeness (QED) is 0.635. The molecule has 1 N–H and O–H groups in total. The number of hydrogen-bond donors (Lipinski definition) is 1. The number of likely N-dealkylation sites (N-methyl/N-ethyl adjacent to an activating group) is 1. The molecule has 0 aromatic carbocycles. The van der Waals surface area contributed by atoms with E-state index in [9.17, 15) is 10.1 Å². The Hall–Kier alpha value is -0.980. The normalized spacial score (nSPS) is 17.7. The van der Waals surface area contributed by atoms with Crippen LogP contribution in [0.15, 0.2) is 11.4 Å². The van der Waals surface area contributed by atoms with Crippen LogP contribution in [0, 0.1) is 10.1 Å². The monoisotopic (exact) mass is 269 g/mol. The molecule has 5 nitrogen and oxygen atoms in total. The molecule has 0 spiro atoms. The van der Waals surface area contributed by atoms with Crippen molar-refractivity contribution in [1.29, 1.82) is 0 Å². The summed E-state index contributed by atoms with van der Waals surface area (Å²) in [7, 11) is 4.24. The molecule has 18 heavy (non-hydrogen) atoms. The molecular weight excluding hydrogens is 250 g/mol. The molecule has 0 unspecified atom stereocenters. The maximum atomic E-state index is 10.6. The lowest BCUT2D eigenvalue weighted by molar-refractivity contribution is -0.380. The summed E-state index contributed by atoms with van der Waals surface area (Å²) in [5, 5.41) is 16.1. The molecule has 1 aromatic heterocycles. The van der Waals surface area contributed by atoms with Crippen LogP contribution in [0.3, 0.4) is 0 Å². The summed E-state index contributed by atoms with van der Waals surface area (Å²) in [6.07, 6.45) is 3.76. The molecule has 1 saturated carbocycles. The molecule has 0 saturated heterocycles. The maximum Gasteiger partial charge on any atom is 0.324 e. The highest BCUT2D eigenvalue weighted by atomic mass is 32.1. The van der Waals surface area contributed by atoms with Gasteiger partial charge in [-0.2, -0.15) is 0 Å². The van der Waals surface area contributed by atoms with Crippen LogP contribution in [0.1, 0.15) is 24.8 Å². The summed E-state index contributed by atoms with van der Waals surface area (Å²) in [5.41, 5.74) is 1.29. The van der Waals surface area contributed by atoms with Gasteiger partial charge < -0.3 is 10.2 Å². The number of nitro groups is 1. The fourth-order valence-corrected chi connectivity index (χ4v) is 3.09. The zero-order valence-corrected chi connectivity index (χ0v) is 11.6. The number of nitrogens with zero attached hydrogens (tertiary/aromatic N) is 2. The highest BCUT2D eigenvalue weighted by Crippen LogP contribution is 2.35. The second-order valence-electron chi connectivity index (χ2n) is 5.13. The van der Waals surface area contributed by atoms with Gasteiger partial charge in [0.1, 0.15) is 0 Å². The van der Waals surface area contributed by atoms with Gasteiger partial charge in [-0.3, -0.25) is 10.1 Å². The zero-order chi connectivity index (χ0) is 13.2. The first kappa shape index (κ1) is 13.5. The first-order valence-corrected chi connectivity index (χ1v) is 7.01. The highest BCUT2D eigenvalue weighted by Gasteiger charge is 2.38. The van der Waals surface area contributed by atoms with E-state index in [-0.39, 0.29) is 9.92 Å². The molecule has 100 valence electrons. The maximum absolute atomic E-state index is 10.6. The van der Waals surface area contributed by atoms with Gasteiger partial charge in [-0.15, -0.1) is 0 Å². The minimum absolute atomic E-state index is 0.220. The number of nitrogens with one attached hydrogen (secondary N) is 1. The lowest BCUT2D eigenvalue weighted by Gasteiger charge is -2.47. The van der Waals surface area contributed by atoms with Crippen LogP contribution in [-0.2, 0) is 6.54 Å². The second kappa shape index (κ2) is 5.34. The van der Waals surface area contributed by atoms with E-state index in [1.807, 2.05) is 5.38 Å². The predicted molar refractivity (Wildman–Crippen MR) is 72.9 cm³/mol. The van der Waals surface area contributed by atoms with Gasteiger partial charge in [0, 0.05) is 30.1 Å². The van der Waals surface area contributed by atoms with Crippen molar-refractivity contribution in [2.24, 2.45) is 0 Å². The van der Waals surface area contributed by atoms with Crippen molar-refractivity contribution in [2.45, 2.75) is 31.3 Å². The van der Waals surface area contributed by atoms with Crippen molar-refractivity contribution >= 4 is 16.3 Å². The van der Waals surface area contributed by atoms with E-state index in [1.54, 1.807) is 6.07 Å². The van der Waals surface area contributed by atoms with Gasteiger partial charge in [-0.05, 0) is 38.9 Å². The van der Waals surface area contributed by atoms with Gasteiger partial charge in [0.2, 0.25) is 0 Å². The number of hydrogen-bond acceptors (Lipinski definition) is 5. The minimum Gasteiger partial charge on any atom is -0.311 e. The first-order chi connectivity index (χ1) is 8.53. The summed E-state index contributed by atoms with van der Waals surface area (Å²) >= 11 is 1.19. The SMILES string of the molecule is CN(C)C1(CNCc2csc([N+](=O)[O-])c2)CCC1. The summed E-state index contributed by atoms with van der Waals surface area (Å²) in [6, 6.07) is 1.65. The van der Waals surface area contributed by atoms with Crippen LogP contribution < -0.4 is 5.32 Å². The molecule has 1 aliphatic rings. The van der Waals surface area contributed by atoms with E-state index >= 15 is 0 Å².